The smallest absolute Gasteiger partial charge is 0.215 e. The van der Waals surface area contributed by atoms with Gasteiger partial charge in [-0.25, -0.2) is 4.98 Å². The minimum absolute atomic E-state index is 0.399. The number of hydrogen-bond donors (Lipinski definition) is 0. The molecule has 1 aromatic heterocycles. The van der Waals surface area contributed by atoms with Crippen LogP contribution in [0.2, 0.25) is 0 Å². The van der Waals surface area contributed by atoms with Crippen LogP contribution in [0.5, 0.6) is 0 Å². The second kappa shape index (κ2) is 4.66. The highest BCUT2D eigenvalue weighted by atomic mass is 32.2. The molecular weight excluding hydrogens is 221 g/mol. The Balaban J connectivity index is 2.38. The van der Waals surface area contributed by atoms with E-state index in [1.807, 2.05) is 24.5 Å². The van der Waals surface area contributed by atoms with Gasteiger partial charge in [0.05, 0.1) is 0 Å². The molecule has 0 saturated heterocycles. The first-order valence-corrected chi connectivity index (χ1v) is 6.20. The SMILES string of the molecule is CSc1ccc(-c2cnc(F)c(C)c2)cc1. The molecule has 0 N–H and O–H groups in total. The van der Waals surface area contributed by atoms with Crippen molar-refractivity contribution in [2.75, 3.05) is 6.26 Å². The van der Waals surface area contributed by atoms with Crippen LogP contribution in [-0.2, 0) is 0 Å². The maximum absolute atomic E-state index is 13.0. The molecule has 1 heterocycles. The fourth-order valence-electron chi connectivity index (χ4n) is 1.50. The van der Waals surface area contributed by atoms with Gasteiger partial charge in [0.25, 0.3) is 0 Å². The first-order chi connectivity index (χ1) is 7.70. The van der Waals surface area contributed by atoms with Crippen LogP contribution in [0.25, 0.3) is 11.1 Å². The van der Waals surface area contributed by atoms with Gasteiger partial charge in [-0.05, 0) is 36.9 Å². The summed E-state index contributed by atoms with van der Waals surface area (Å²) in [4.78, 5) is 4.94. The van der Waals surface area contributed by atoms with Crippen molar-refractivity contribution in [2.45, 2.75) is 11.8 Å². The lowest BCUT2D eigenvalue weighted by atomic mass is 10.1. The summed E-state index contributed by atoms with van der Waals surface area (Å²) in [6, 6.07) is 9.98. The molecule has 16 heavy (non-hydrogen) atoms. The molecule has 0 aliphatic carbocycles. The Hall–Kier alpha value is -1.35. The predicted octanol–water partition coefficient (Wildman–Crippen LogP) is 3.92. The van der Waals surface area contributed by atoms with E-state index in [-0.39, 0.29) is 0 Å². The van der Waals surface area contributed by atoms with Gasteiger partial charge in [0, 0.05) is 22.2 Å². The van der Waals surface area contributed by atoms with Gasteiger partial charge in [0.15, 0.2) is 0 Å². The van der Waals surface area contributed by atoms with Gasteiger partial charge >= 0.3 is 0 Å². The van der Waals surface area contributed by atoms with Crippen LogP contribution in [0, 0.1) is 12.9 Å². The summed E-state index contributed by atoms with van der Waals surface area (Å²) in [5, 5.41) is 0. The minimum Gasteiger partial charge on any atom is -0.227 e. The van der Waals surface area contributed by atoms with Gasteiger partial charge in [0.1, 0.15) is 0 Å². The van der Waals surface area contributed by atoms with E-state index in [1.165, 1.54) is 4.90 Å². The third kappa shape index (κ3) is 2.25. The number of thioether (sulfide) groups is 1. The largest absolute Gasteiger partial charge is 0.227 e. The Labute approximate surface area is 98.7 Å². The van der Waals surface area contributed by atoms with Crippen LogP contribution < -0.4 is 0 Å². The first kappa shape index (κ1) is 11.1. The van der Waals surface area contributed by atoms with E-state index in [9.17, 15) is 4.39 Å². The van der Waals surface area contributed by atoms with Crippen LogP contribution >= 0.6 is 11.8 Å². The predicted molar refractivity (Wildman–Crippen MR) is 66.1 cm³/mol. The number of pyridine rings is 1. The number of hydrogen-bond acceptors (Lipinski definition) is 2. The molecule has 0 fully saturated rings. The lowest BCUT2D eigenvalue weighted by Gasteiger charge is -2.04. The van der Waals surface area contributed by atoms with Gasteiger partial charge in [-0.1, -0.05) is 12.1 Å². The highest BCUT2D eigenvalue weighted by Crippen LogP contribution is 2.23. The zero-order chi connectivity index (χ0) is 11.5. The van der Waals surface area contributed by atoms with Crippen molar-refractivity contribution < 1.29 is 4.39 Å². The van der Waals surface area contributed by atoms with Crippen LogP contribution in [0.4, 0.5) is 4.39 Å². The first-order valence-electron chi connectivity index (χ1n) is 4.97. The third-order valence-corrected chi connectivity index (χ3v) is 3.18. The number of benzene rings is 1. The van der Waals surface area contributed by atoms with Crippen molar-refractivity contribution in [3.8, 4) is 11.1 Å². The molecular formula is C13H12FNS. The quantitative estimate of drug-likeness (QED) is 0.576. The average Bonchev–Trinajstić information content (AvgIpc) is 2.33. The number of rotatable bonds is 2. The molecule has 82 valence electrons. The fraction of sp³-hybridized carbons (Fsp3) is 0.154. The van der Waals surface area contributed by atoms with Gasteiger partial charge < -0.3 is 0 Å². The van der Waals surface area contributed by atoms with Crippen molar-refractivity contribution in [2.24, 2.45) is 0 Å². The summed E-state index contributed by atoms with van der Waals surface area (Å²) in [6.45, 7) is 1.72. The molecule has 0 saturated carbocycles. The molecule has 1 nitrogen and oxygen atoms in total. The Morgan fingerprint density at radius 1 is 1.12 bits per heavy atom. The number of aromatic nitrogens is 1. The van der Waals surface area contributed by atoms with E-state index in [1.54, 1.807) is 24.9 Å². The summed E-state index contributed by atoms with van der Waals surface area (Å²) in [5.41, 5.74) is 2.59. The topological polar surface area (TPSA) is 12.9 Å². The zero-order valence-electron chi connectivity index (χ0n) is 9.20. The van der Waals surface area contributed by atoms with Crippen molar-refractivity contribution in [3.63, 3.8) is 0 Å². The van der Waals surface area contributed by atoms with Crippen molar-refractivity contribution in [1.29, 1.82) is 0 Å². The molecule has 0 atom stereocenters. The Morgan fingerprint density at radius 3 is 2.38 bits per heavy atom. The van der Waals surface area contributed by atoms with Gasteiger partial charge in [-0.3, -0.25) is 0 Å². The number of aryl methyl sites for hydroxylation is 1. The molecule has 0 amide bonds. The van der Waals surface area contributed by atoms with E-state index < -0.39 is 5.95 Å². The second-order valence-electron chi connectivity index (χ2n) is 3.56. The molecule has 1 aromatic carbocycles. The van der Waals surface area contributed by atoms with Crippen molar-refractivity contribution in [1.82, 2.24) is 4.98 Å². The maximum atomic E-state index is 13.0. The summed E-state index contributed by atoms with van der Waals surface area (Å²) < 4.78 is 13.0. The molecule has 2 aromatic rings. The Bertz CT molecular complexity index is 494. The van der Waals surface area contributed by atoms with Crippen molar-refractivity contribution in [3.05, 3.63) is 48.0 Å². The molecule has 0 aliphatic heterocycles. The standard InChI is InChI=1S/C13H12FNS/c1-9-7-11(8-15-13(9)14)10-3-5-12(16-2)6-4-10/h3-8H,1-2H3. The summed E-state index contributed by atoms with van der Waals surface area (Å²) in [7, 11) is 0. The van der Waals surface area contributed by atoms with E-state index in [4.69, 9.17) is 0 Å². The van der Waals surface area contributed by atoms with E-state index in [2.05, 4.69) is 17.1 Å². The van der Waals surface area contributed by atoms with Gasteiger partial charge in [-0.2, -0.15) is 4.39 Å². The molecule has 0 aliphatic rings. The van der Waals surface area contributed by atoms with Gasteiger partial charge in [-0.15, -0.1) is 11.8 Å². The van der Waals surface area contributed by atoms with E-state index in [0.717, 1.165) is 11.1 Å². The summed E-state index contributed by atoms with van der Waals surface area (Å²) >= 11 is 1.70. The highest BCUT2D eigenvalue weighted by Gasteiger charge is 2.02. The van der Waals surface area contributed by atoms with E-state index >= 15 is 0 Å². The summed E-state index contributed by atoms with van der Waals surface area (Å²) in [5.74, 6) is -0.399. The highest BCUT2D eigenvalue weighted by molar-refractivity contribution is 7.98. The Kier molecular flexibility index (Phi) is 3.25. The lowest BCUT2D eigenvalue weighted by molar-refractivity contribution is 0.575. The number of nitrogens with zero attached hydrogens (tertiary/aromatic N) is 1. The normalized spacial score (nSPS) is 10.4. The molecule has 0 unspecified atom stereocenters. The molecule has 0 spiro atoms. The number of halogens is 1. The average molecular weight is 233 g/mol. The Morgan fingerprint density at radius 2 is 1.81 bits per heavy atom. The molecule has 0 bridgehead atoms. The lowest BCUT2D eigenvalue weighted by Crippen LogP contribution is -1.89. The second-order valence-corrected chi connectivity index (χ2v) is 4.44. The van der Waals surface area contributed by atoms with Crippen LogP contribution in [-0.4, -0.2) is 11.2 Å². The van der Waals surface area contributed by atoms with E-state index in [0.29, 0.717) is 5.56 Å². The van der Waals surface area contributed by atoms with Gasteiger partial charge in [0.2, 0.25) is 5.95 Å². The molecule has 0 radical (unpaired) electrons. The van der Waals surface area contributed by atoms with Crippen LogP contribution in [0.1, 0.15) is 5.56 Å². The summed E-state index contributed by atoms with van der Waals surface area (Å²) in [6.07, 6.45) is 3.61. The van der Waals surface area contributed by atoms with Crippen LogP contribution in [0.15, 0.2) is 41.4 Å². The molecule has 3 heteroatoms. The monoisotopic (exact) mass is 233 g/mol. The zero-order valence-corrected chi connectivity index (χ0v) is 10.0. The van der Waals surface area contributed by atoms with Crippen molar-refractivity contribution >= 4 is 11.8 Å². The minimum atomic E-state index is -0.399. The third-order valence-electron chi connectivity index (χ3n) is 2.44. The molecule has 2 rings (SSSR count). The maximum Gasteiger partial charge on any atom is 0.215 e. The van der Waals surface area contributed by atoms with Crippen LogP contribution in [0.3, 0.4) is 0 Å². The fourth-order valence-corrected chi connectivity index (χ4v) is 1.91.